The van der Waals surface area contributed by atoms with Gasteiger partial charge in [0, 0.05) is 32.6 Å². The molecular formula is C21H26O9S. The van der Waals surface area contributed by atoms with Gasteiger partial charge in [-0.25, -0.2) is 0 Å². The van der Waals surface area contributed by atoms with Gasteiger partial charge in [-0.1, -0.05) is 29.5 Å². The Kier molecular flexibility index (Phi) is 8.88. The second kappa shape index (κ2) is 11.1. The van der Waals surface area contributed by atoms with E-state index in [1.54, 1.807) is 0 Å². The Morgan fingerprint density at radius 1 is 0.806 bits per heavy atom. The molecule has 1 heterocycles. The van der Waals surface area contributed by atoms with Crippen molar-refractivity contribution in [3.05, 3.63) is 29.8 Å². The van der Waals surface area contributed by atoms with Crippen LogP contribution < -0.4 is 0 Å². The maximum Gasteiger partial charge on any atom is 0.303 e. The fourth-order valence-electron chi connectivity index (χ4n) is 3.03. The monoisotopic (exact) mass is 454 g/mol. The van der Waals surface area contributed by atoms with Gasteiger partial charge in [0.05, 0.1) is 0 Å². The normalized spacial score (nSPS) is 25.3. The van der Waals surface area contributed by atoms with E-state index in [0.717, 1.165) is 10.5 Å². The van der Waals surface area contributed by atoms with E-state index < -0.39 is 53.7 Å². The SMILES string of the molecule is CC(=O)OCC1O[C@@H](Sc2ccc(C)cc2)[C@@H](OC(C)=O)[C@@H](OC(C)=O)C1OC(C)=O. The quantitative estimate of drug-likeness (QED) is 0.448. The van der Waals surface area contributed by atoms with Crippen molar-refractivity contribution >= 4 is 35.6 Å². The molecule has 0 amide bonds. The molecule has 0 N–H and O–H groups in total. The Morgan fingerprint density at radius 2 is 1.32 bits per heavy atom. The average Bonchev–Trinajstić information content (AvgIpc) is 2.65. The van der Waals surface area contributed by atoms with Crippen LogP contribution in [-0.4, -0.2) is 60.3 Å². The minimum Gasteiger partial charge on any atom is -0.463 e. The minimum absolute atomic E-state index is 0.247. The van der Waals surface area contributed by atoms with Crippen LogP contribution in [0.2, 0.25) is 0 Å². The van der Waals surface area contributed by atoms with Crippen molar-refractivity contribution in [1.82, 2.24) is 0 Å². The van der Waals surface area contributed by atoms with Crippen LogP contribution in [-0.2, 0) is 42.9 Å². The zero-order valence-electron chi connectivity index (χ0n) is 18.0. The van der Waals surface area contributed by atoms with Gasteiger partial charge in [0.15, 0.2) is 18.3 Å². The molecule has 0 spiro atoms. The summed E-state index contributed by atoms with van der Waals surface area (Å²) in [5.41, 5.74) is 0.231. The van der Waals surface area contributed by atoms with Gasteiger partial charge in [-0.3, -0.25) is 19.2 Å². The highest BCUT2D eigenvalue weighted by Gasteiger charge is 2.52. The number of aryl methyl sites for hydroxylation is 1. The number of carbonyl (C=O) groups is 4. The van der Waals surface area contributed by atoms with Crippen LogP contribution in [0.15, 0.2) is 29.2 Å². The van der Waals surface area contributed by atoms with E-state index in [-0.39, 0.29) is 6.61 Å². The second-order valence-electron chi connectivity index (χ2n) is 7.00. The van der Waals surface area contributed by atoms with Crippen LogP contribution in [0.4, 0.5) is 0 Å². The number of rotatable bonds is 7. The molecule has 1 aromatic carbocycles. The number of carbonyl (C=O) groups excluding carboxylic acids is 4. The zero-order chi connectivity index (χ0) is 23.1. The van der Waals surface area contributed by atoms with E-state index in [1.165, 1.54) is 39.5 Å². The molecule has 0 radical (unpaired) electrons. The number of esters is 4. The lowest BCUT2D eigenvalue weighted by Gasteiger charge is -2.44. The first-order chi connectivity index (χ1) is 14.6. The summed E-state index contributed by atoms with van der Waals surface area (Å²) in [6.07, 6.45) is -4.35. The Balaban J connectivity index is 2.43. The van der Waals surface area contributed by atoms with Crippen molar-refractivity contribution < 1.29 is 42.9 Å². The molecule has 2 rings (SSSR count). The van der Waals surface area contributed by atoms with Gasteiger partial charge < -0.3 is 23.7 Å². The lowest BCUT2D eigenvalue weighted by Crippen LogP contribution is -2.61. The average molecular weight is 454 g/mol. The van der Waals surface area contributed by atoms with Crippen molar-refractivity contribution in [2.45, 2.75) is 69.4 Å². The smallest absolute Gasteiger partial charge is 0.303 e. The number of hydrogen-bond acceptors (Lipinski definition) is 10. The Morgan fingerprint density at radius 3 is 1.84 bits per heavy atom. The highest BCUT2D eigenvalue weighted by molar-refractivity contribution is 7.99. The summed E-state index contributed by atoms with van der Waals surface area (Å²) in [7, 11) is 0. The van der Waals surface area contributed by atoms with Crippen molar-refractivity contribution in [1.29, 1.82) is 0 Å². The molecule has 0 aliphatic carbocycles. The van der Waals surface area contributed by atoms with Crippen molar-refractivity contribution in [2.75, 3.05) is 6.61 Å². The van der Waals surface area contributed by atoms with E-state index in [4.69, 9.17) is 23.7 Å². The number of benzene rings is 1. The highest BCUT2D eigenvalue weighted by atomic mass is 32.2. The molecule has 1 aliphatic heterocycles. The van der Waals surface area contributed by atoms with Gasteiger partial charge in [-0.05, 0) is 19.1 Å². The first-order valence-electron chi connectivity index (χ1n) is 9.60. The Bertz CT molecular complexity index is 808. The summed E-state index contributed by atoms with van der Waals surface area (Å²) < 4.78 is 27.3. The maximum absolute atomic E-state index is 11.8. The van der Waals surface area contributed by atoms with E-state index in [1.807, 2.05) is 31.2 Å². The maximum atomic E-state index is 11.8. The summed E-state index contributed by atoms with van der Waals surface area (Å²) in [4.78, 5) is 47.5. The lowest BCUT2D eigenvalue weighted by molar-refractivity contribution is -0.237. The van der Waals surface area contributed by atoms with Crippen LogP contribution >= 0.6 is 11.8 Å². The predicted molar refractivity (Wildman–Crippen MR) is 109 cm³/mol. The van der Waals surface area contributed by atoms with Gasteiger partial charge in [0.2, 0.25) is 0 Å². The molecule has 170 valence electrons. The highest BCUT2D eigenvalue weighted by Crippen LogP contribution is 2.37. The predicted octanol–water partition coefficient (Wildman–Crippen LogP) is 2.17. The van der Waals surface area contributed by atoms with Crippen LogP contribution in [0.25, 0.3) is 0 Å². The molecule has 1 aliphatic rings. The fraction of sp³-hybridized carbons (Fsp3) is 0.524. The molecule has 31 heavy (non-hydrogen) atoms. The van der Waals surface area contributed by atoms with Crippen molar-refractivity contribution in [3.63, 3.8) is 0 Å². The minimum atomic E-state index is -1.16. The third-order valence-electron chi connectivity index (χ3n) is 4.22. The lowest BCUT2D eigenvalue weighted by atomic mass is 9.99. The van der Waals surface area contributed by atoms with Crippen molar-refractivity contribution in [2.24, 2.45) is 0 Å². The van der Waals surface area contributed by atoms with Gasteiger partial charge >= 0.3 is 23.9 Å². The van der Waals surface area contributed by atoms with Crippen LogP contribution in [0.3, 0.4) is 0 Å². The van der Waals surface area contributed by atoms with E-state index in [0.29, 0.717) is 0 Å². The molecule has 1 fully saturated rings. The van der Waals surface area contributed by atoms with Crippen LogP contribution in [0.5, 0.6) is 0 Å². The summed E-state index contributed by atoms with van der Waals surface area (Å²) in [5, 5.41) is 0. The van der Waals surface area contributed by atoms with E-state index in [2.05, 4.69) is 0 Å². The molecule has 10 heteroatoms. The second-order valence-corrected chi connectivity index (χ2v) is 8.17. The first-order valence-corrected chi connectivity index (χ1v) is 10.5. The topological polar surface area (TPSA) is 114 Å². The Hall–Kier alpha value is -2.59. The largest absolute Gasteiger partial charge is 0.463 e. The van der Waals surface area contributed by atoms with Crippen LogP contribution in [0, 0.1) is 6.92 Å². The molecule has 9 nitrogen and oxygen atoms in total. The van der Waals surface area contributed by atoms with Gasteiger partial charge in [0.25, 0.3) is 0 Å². The third-order valence-corrected chi connectivity index (χ3v) is 5.38. The molecule has 0 aromatic heterocycles. The first kappa shape index (κ1) is 24.7. The summed E-state index contributed by atoms with van der Waals surface area (Å²) in [5.74, 6) is -2.50. The van der Waals surface area contributed by atoms with E-state index in [9.17, 15) is 19.2 Å². The molecule has 0 saturated carbocycles. The summed E-state index contributed by atoms with van der Waals surface area (Å²) in [6, 6.07) is 7.56. The third kappa shape index (κ3) is 7.55. The molecule has 5 atom stereocenters. The van der Waals surface area contributed by atoms with Crippen molar-refractivity contribution in [3.8, 4) is 0 Å². The van der Waals surface area contributed by atoms with Gasteiger partial charge in [0.1, 0.15) is 18.1 Å². The van der Waals surface area contributed by atoms with Crippen LogP contribution in [0.1, 0.15) is 33.3 Å². The molecule has 1 saturated heterocycles. The molecule has 1 aromatic rings. The van der Waals surface area contributed by atoms with Gasteiger partial charge in [-0.2, -0.15) is 0 Å². The fourth-order valence-corrected chi connectivity index (χ4v) is 4.14. The number of thioether (sulfide) groups is 1. The van der Waals surface area contributed by atoms with Gasteiger partial charge in [-0.15, -0.1) is 0 Å². The summed E-state index contributed by atoms with van der Waals surface area (Å²) in [6.45, 7) is 6.51. The number of ether oxygens (including phenoxy) is 5. The summed E-state index contributed by atoms with van der Waals surface area (Å²) >= 11 is 1.24. The van der Waals surface area contributed by atoms with E-state index >= 15 is 0 Å². The standard InChI is InChI=1S/C21H26O9S/c1-11-6-8-16(9-7-11)31-21-20(29-15(5)25)19(28-14(4)24)18(27-13(3)23)17(30-21)10-26-12(2)22/h6-9,17-21H,10H2,1-5H3/t17?,18?,19-,20-,21-/m0/s1. The molecular weight excluding hydrogens is 428 g/mol. The number of hydrogen-bond donors (Lipinski definition) is 0. The molecule has 2 unspecified atom stereocenters. The Labute approximate surface area is 184 Å². The zero-order valence-corrected chi connectivity index (χ0v) is 18.8. The molecule has 0 bridgehead atoms.